The van der Waals surface area contributed by atoms with Gasteiger partial charge in [0.25, 0.3) is 0 Å². The van der Waals surface area contributed by atoms with E-state index >= 15 is 0 Å². The van der Waals surface area contributed by atoms with E-state index < -0.39 is 0 Å². The van der Waals surface area contributed by atoms with Crippen LogP contribution < -0.4 is 24.8 Å². The summed E-state index contributed by atoms with van der Waals surface area (Å²) >= 11 is 0. The summed E-state index contributed by atoms with van der Waals surface area (Å²) in [6, 6.07) is 13.3. The molecule has 0 spiro atoms. The van der Waals surface area contributed by atoms with Crippen LogP contribution >= 0.6 is 0 Å². The van der Waals surface area contributed by atoms with Crippen LogP contribution in [0.4, 0.5) is 4.79 Å². The third-order valence-corrected chi connectivity index (χ3v) is 4.44. The van der Waals surface area contributed by atoms with Crippen molar-refractivity contribution >= 4 is 6.03 Å². The SMILES string of the molecule is COc1ccc(OCCNC(=O)NCCOc2ccc3c(c2)CCC3)cc1. The molecule has 0 fully saturated rings. The van der Waals surface area contributed by atoms with E-state index in [4.69, 9.17) is 14.2 Å². The number of carbonyl (C=O) groups is 1. The van der Waals surface area contributed by atoms with Gasteiger partial charge in [-0.2, -0.15) is 0 Å². The quantitative estimate of drug-likeness (QED) is 0.666. The number of ether oxygens (including phenoxy) is 3. The second-order valence-corrected chi connectivity index (χ2v) is 6.34. The van der Waals surface area contributed by atoms with Crippen molar-refractivity contribution in [1.82, 2.24) is 10.6 Å². The van der Waals surface area contributed by atoms with Gasteiger partial charge in [-0.3, -0.25) is 0 Å². The largest absolute Gasteiger partial charge is 0.497 e. The third kappa shape index (κ3) is 5.81. The summed E-state index contributed by atoms with van der Waals surface area (Å²) in [5.74, 6) is 2.38. The predicted molar refractivity (Wildman–Crippen MR) is 104 cm³/mol. The first-order valence-corrected chi connectivity index (χ1v) is 9.28. The molecule has 0 saturated carbocycles. The molecule has 3 rings (SSSR count). The fourth-order valence-electron chi connectivity index (χ4n) is 3.04. The van der Waals surface area contributed by atoms with E-state index in [2.05, 4.69) is 22.8 Å². The average Bonchev–Trinajstić information content (AvgIpc) is 3.17. The van der Waals surface area contributed by atoms with E-state index in [1.807, 2.05) is 30.3 Å². The Balaban J connectivity index is 1.25. The van der Waals surface area contributed by atoms with Gasteiger partial charge in [-0.15, -0.1) is 0 Å². The average molecular weight is 370 g/mol. The van der Waals surface area contributed by atoms with Crippen LogP contribution in [-0.4, -0.2) is 39.4 Å². The Bertz CT molecular complexity index is 746. The minimum atomic E-state index is -0.231. The molecule has 1 aliphatic rings. The first-order valence-electron chi connectivity index (χ1n) is 9.28. The second-order valence-electron chi connectivity index (χ2n) is 6.34. The van der Waals surface area contributed by atoms with E-state index in [1.165, 1.54) is 24.0 Å². The zero-order valence-electron chi connectivity index (χ0n) is 15.6. The fourth-order valence-corrected chi connectivity index (χ4v) is 3.04. The van der Waals surface area contributed by atoms with Gasteiger partial charge < -0.3 is 24.8 Å². The molecule has 0 atom stereocenters. The van der Waals surface area contributed by atoms with Crippen LogP contribution in [0, 0.1) is 0 Å². The molecule has 2 amide bonds. The van der Waals surface area contributed by atoms with Crippen LogP contribution in [-0.2, 0) is 12.8 Å². The summed E-state index contributed by atoms with van der Waals surface area (Å²) in [5.41, 5.74) is 2.81. The van der Waals surface area contributed by atoms with E-state index in [0.717, 1.165) is 23.7 Å². The molecule has 0 saturated heterocycles. The van der Waals surface area contributed by atoms with E-state index in [1.54, 1.807) is 7.11 Å². The van der Waals surface area contributed by atoms with Gasteiger partial charge in [0.2, 0.25) is 0 Å². The number of methoxy groups -OCH3 is 1. The number of benzene rings is 2. The van der Waals surface area contributed by atoms with Gasteiger partial charge in [0, 0.05) is 0 Å². The molecule has 1 aliphatic carbocycles. The van der Waals surface area contributed by atoms with Gasteiger partial charge in [0.15, 0.2) is 0 Å². The van der Waals surface area contributed by atoms with Crippen LogP contribution in [0.25, 0.3) is 0 Å². The molecule has 0 unspecified atom stereocenters. The molecule has 0 radical (unpaired) electrons. The number of fused-ring (bicyclic) bond motifs is 1. The highest BCUT2D eigenvalue weighted by Crippen LogP contribution is 2.25. The predicted octanol–water partition coefficient (Wildman–Crippen LogP) is 2.94. The maximum atomic E-state index is 11.8. The Kier molecular flexibility index (Phi) is 6.79. The molecule has 6 nitrogen and oxygen atoms in total. The normalized spacial score (nSPS) is 12.2. The zero-order chi connectivity index (χ0) is 18.9. The standard InChI is InChI=1S/C21H26N2O4/c1-25-18-7-9-19(10-8-18)26-13-11-22-21(24)23-12-14-27-20-6-5-16-3-2-4-17(16)15-20/h5-10,15H,2-4,11-14H2,1H3,(H2,22,23,24). The molecule has 0 heterocycles. The lowest BCUT2D eigenvalue weighted by Gasteiger charge is -2.11. The molecule has 0 aromatic heterocycles. The van der Waals surface area contributed by atoms with Gasteiger partial charge in [-0.05, 0) is 66.8 Å². The lowest BCUT2D eigenvalue weighted by molar-refractivity contribution is 0.232. The number of hydrogen-bond acceptors (Lipinski definition) is 4. The molecule has 0 aliphatic heterocycles. The van der Waals surface area contributed by atoms with E-state index in [9.17, 15) is 4.79 Å². The van der Waals surface area contributed by atoms with Gasteiger partial charge >= 0.3 is 6.03 Å². The maximum Gasteiger partial charge on any atom is 0.315 e. The number of rotatable bonds is 9. The van der Waals surface area contributed by atoms with Crippen molar-refractivity contribution in [3.63, 3.8) is 0 Å². The molecule has 27 heavy (non-hydrogen) atoms. The summed E-state index contributed by atoms with van der Waals surface area (Å²) in [6.45, 7) is 1.70. The van der Waals surface area contributed by atoms with Crippen LogP contribution in [0.15, 0.2) is 42.5 Å². The lowest BCUT2D eigenvalue weighted by atomic mass is 10.1. The van der Waals surface area contributed by atoms with Crippen LogP contribution in [0.5, 0.6) is 17.2 Å². The van der Waals surface area contributed by atoms with Crippen molar-refractivity contribution in [3.8, 4) is 17.2 Å². The monoisotopic (exact) mass is 370 g/mol. The smallest absolute Gasteiger partial charge is 0.315 e. The first kappa shape index (κ1) is 18.9. The number of aryl methyl sites for hydroxylation is 2. The molecule has 6 heteroatoms. The summed E-state index contributed by atoms with van der Waals surface area (Å²) < 4.78 is 16.3. The molecule has 2 aromatic rings. The Labute approximate surface area is 159 Å². The van der Waals surface area contributed by atoms with Gasteiger partial charge in [0.1, 0.15) is 30.5 Å². The van der Waals surface area contributed by atoms with Crippen LogP contribution in [0.1, 0.15) is 17.5 Å². The Morgan fingerprint density at radius 2 is 1.44 bits per heavy atom. The second kappa shape index (κ2) is 9.71. The number of hydrogen-bond donors (Lipinski definition) is 2. The highest BCUT2D eigenvalue weighted by atomic mass is 16.5. The van der Waals surface area contributed by atoms with Crippen molar-refractivity contribution in [1.29, 1.82) is 0 Å². The highest BCUT2D eigenvalue weighted by Gasteiger charge is 2.11. The maximum absolute atomic E-state index is 11.8. The summed E-state index contributed by atoms with van der Waals surface area (Å²) in [6.07, 6.45) is 3.52. The first-order chi connectivity index (χ1) is 13.2. The van der Waals surface area contributed by atoms with Crippen LogP contribution in [0.2, 0.25) is 0 Å². The Morgan fingerprint density at radius 3 is 2.15 bits per heavy atom. The van der Waals surface area contributed by atoms with Crippen molar-refractivity contribution in [2.75, 3.05) is 33.4 Å². The molecule has 2 aromatic carbocycles. The Morgan fingerprint density at radius 1 is 0.852 bits per heavy atom. The van der Waals surface area contributed by atoms with Gasteiger partial charge in [-0.25, -0.2) is 4.79 Å². The zero-order valence-corrected chi connectivity index (χ0v) is 15.6. The fraction of sp³-hybridized carbons (Fsp3) is 0.381. The molecular formula is C21H26N2O4. The molecular weight excluding hydrogens is 344 g/mol. The van der Waals surface area contributed by atoms with E-state index in [-0.39, 0.29) is 6.03 Å². The summed E-state index contributed by atoms with van der Waals surface area (Å²) in [7, 11) is 1.62. The molecule has 0 bridgehead atoms. The van der Waals surface area contributed by atoms with Crippen molar-refractivity contribution < 1.29 is 19.0 Å². The van der Waals surface area contributed by atoms with Crippen molar-refractivity contribution in [2.24, 2.45) is 0 Å². The topological polar surface area (TPSA) is 68.8 Å². The minimum absolute atomic E-state index is 0.231. The number of urea groups is 1. The highest BCUT2D eigenvalue weighted by molar-refractivity contribution is 5.73. The van der Waals surface area contributed by atoms with Crippen molar-refractivity contribution in [2.45, 2.75) is 19.3 Å². The van der Waals surface area contributed by atoms with E-state index in [0.29, 0.717) is 26.3 Å². The number of nitrogens with one attached hydrogen (secondary N) is 2. The summed E-state index contributed by atoms with van der Waals surface area (Å²) in [5, 5.41) is 5.52. The number of carbonyl (C=O) groups excluding carboxylic acids is 1. The molecule has 144 valence electrons. The summed E-state index contributed by atoms with van der Waals surface area (Å²) in [4.78, 5) is 11.8. The van der Waals surface area contributed by atoms with Gasteiger partial charge in [-0.1, -0.05) is 6.07 Å². The lowest BCUT2D eigenvalue weighted by Crippen LogP contribution is -2.39. The minimum Gasteiger partial charge on any atom is -0.497 e. The van der Waals surface area contributed by atoms with Crippen LogP contribution in [0.3, 0.4) is 0 Å². The molecule has 2 N–H and O–H groups in total. The number of amides is 2. The van der Waals surface area contributed by atoms with Gasteiger partial charge in [0.05, 0.1) is 20.2 Å². The van der Waals surface area contributed by atoms with Crippen molar-refractivity contribution in [3.05, 3.63) is 53.6 Å². The third-order valence-electron chi connectivity index (χ3n) is 4.44. The Hall–Kier alpha value is -2.89.